The normalized spacial score (nSPS) is 15.6. The summed E-state index contributed by atoms with van der Waals surface area (Å²) in [6.45, 7) is 0. The van der Waals surface area contributed by atoms with Crippen molar-refractivity contribution in [3.05, 3.63) is 87.3 Å². The third kappa shape index (κ3) is 2.67. The number of benzene rings is 2. The van der Waals surface area contributed by atoms with Crippen molar-refractivity contribution in [1.29, 1.82) is 5.26 Å². The van der Waals surface area contributed by atoms with E-state index < -0.39 is 10.8 Å². The van der Waals surface area contributed by atoms with E-state index >= 15 is 0 Å². The number of non-ortho nitro benzene ring substituents is 1. The van der Waals surface area contributed by atoms with Gasteiger partial charge in [0, 0.05) is 12.1 Å². The molecule has 0 unspecified atom stereocenters. The fourth-order valence-corrected chi connectivity index (χ4v) is 3.19. The van der Waals surface area contributed by atoms with Gasteiger partial charge in [-0.2, -0.15) is 5.26 Å². The predicted octanol–water partition coefficient (Wildman–Crippen LogP) is 3.20. The molecule has 132 valence electrons. The predicted molar refractivity (Wildman–Crippen MR) is 96.4 cm³/mol. The molecule has 0 saturated heterocycles. The van der Waals surface area contributed by atoms with E-state index in [1.165, 1.54) is 12.1 Å². The number of rotatable bonds is 3. The van der Waals surface area contributed by atoms with Crippen LogP contribution in [0.25, 0.3) is 11.3 Å². The van der Waals surface area contributed by atoms with Gasteiger partial charge in [0.25, 0.3) is 5.69 Å². The van der Waals surface area contributed by atoms with Gasteiger partial charge in [-0.3, -0.25) is 15.2 Å². The van der Waals surface area contributed by atoms with Gasteiger partial charge < -0.3 is 10.5 Å². The van der Waals surface area contributed by atoms with Crippen molar-refractivity contribution < 1.29 is 9.66 Å². The van der Waals surface area contributed by atoms with E-state index in [4.69, 9.17) is 10.5 Å². The Morgan fingerprint density at radius 1 is 1.19 bits per heavy atom. The number of nitro benzene ring substituents is 1. The number of hydrogen-bond donors (Lipinski definition) is 2. The van der Waals surface area contributed by atoms with Gasteiger partial charge in [0.2, 0.25) is 11.8 Å². The summed E-state index contributed by atoms with van der Waals surface area (Å²) in [7, 11) is 0. The van der Waals surface area contributed by atoms with Crippen molar-refractivity contribution in [1.82, 2.24) is 10.2 Å². The zero-order valence-corrected chi connectivity index (χ0v) is 13.9. The van der Waals surface area contributed by atoms with E-state index in [-0.39, 0.29) is 23.0 Å². The Morgan fingerprint density at radius 2 is 1.89 bits per heavy atom. The first kappa shape index (κ1) is 16.4. The van der Waals surface area contributed by atoms with Gasteiger partial charge in [0.15, 0.2) is 0 Å². The van der Waals surface area contributed by atoms with Crippen LogP contribution in [0.3, 0.4) is 0 Å². The molecule has 0 radical (unpaired) electrons. The fraction of sp³-hybridized carbons (Fsp3) is 0.0526. The largest absolute Gasteiger partial charge is 0.420 e. The van der Waals surface area contributed by atoms with Gasteiger partial charge in [0.05, 0.1) is 22.1 Å². The number of H-pyrrole nitrogens is 1. The number of hydrogen-bond acceptors (Lipinski definition) is 6. The molecule has 3 N–H and O–H groups in total. The van der Waals surface area contributed by atoms with Crippen LogP contribution >= 0.6 is 0 Å². The molecule has 27 heavy (non-hydrogen) atoms. The molecule has 0 saturated carbocycles. The number of nitro groups is 1. The highest BCUT2D eigenvalue weighted by Crippen LogP contribution is 2.45. The van der Waals surface area contributed by atoms with Crippen LogP contribution in [0.2, 0.25) is 0 Å². The standard InChI is InChI=1S/C19H13N5O3/c20-10-14-15(11-6-8-13(9-7-11)24(25)26)16-17(12-4-2-1-3-5-12)22-23-19(16)27-18(14)21/h1-9,15H,21H2,(H,22,23)/t15-/m0/s1. The van der Waals surface area contributed by atoms with Crippen LogP contribution in [-0.2, 0) is 0 Å². The molecule has 0 fully saturated rings. The molecular weight excluding hydrogens is 346 g/mol. The highest BCUT2D eigenvalue weighted by Gasteiger charge is 2.35. The monoisotopic (exact) mass is 359 g/mol. The number of ether oxygens (including phenoxy) is 1. The van der Waals surface area contributed by atoms with Gasteiger partial charge >= 0.3 is 0 Å². The summed E-state index contributed by atoms with van der Waals surface area (Å²) < 4.78 is 5.54. The van der Waals surface area contributed by atoms with E-state index in [2.05, 4.69) is 16.3 Å². The van der Waals surface area contributed by atoms with Crippen molar-refractivity contribution in [2.75, 3.05) is 0 Å². The third-order valence-corrected chi connectivity index (χ3v) is 4.44. The highest BCUT2D eigenvalue weighted by molar-refractivity contribution is 5.70. The topological polar surface area (TPSA) is 131 Å². The first-order valence-corrected chi connectivity index (χ1v) is 8.05. The maximum absolute atomic E-state index is 10.9. The summed E-state index contributed by atoms with van der Waals surface area (Å²) >= 11 is 0. The Hall–Kier alpha value is -4.12. The maximum Gasteiger partial charge on any atom is 0.269 e. The molecule has 4 rings (SSSR count). The second-order valence-corrected chi connectivity index (χ2v) is 5.96. The molecule has 1 atom stereocenters. The number of allylic oxidation sites excluding steroid dienone is 1. The molecule has 0 aliphatic carbocycles. The zero-order valence-electron chi connectivity index (χ0n) is 13.9. The lowest BCUT2D eigenvalue weighted by atomic mass is 9.83. The minimum absolute atomic E-state index is 0.0283. The Balaban J connectivity index is 1.91. The molecule has 2 aromatic carbocycles. The van der Waals surface area contributed by atoms with E-state index in [1.807, 2.05) is 30.3 Å². The zero-order chi connectivity index (χ0) is 19.0. The van der Waals surface area contributed by atoms with Crippen LogP contribution < -0.4 is 10.5 Å². The molecule has 1 aliphatic rings. The lowest BCUT2D eigenvalue weighted by Crippen LogP contribution is -2.21. The van der Waals surface area contributed by atoms with Crippen LogP contribution in [-0.4, -0.2) is 15.1 Å². The summed E-state index contributed by atoms with van der Waals surface area (Å²) in [5, 5.41) is 27.7. The van der Waals surface area contributed by atoms with Crippen molar-refractivity contribution in [3.8, 4) is 23.2 Å². The van der Waals surface area contributed by atoms with Crippen molar-refractivity contribution in [2.45, 2.75) is 5.92 Å². The molecule has 0 bridgehead atoms. The SMILES string of the molecule is N#CC1=C(N)Oc2n[nH]c(-c3ccccc3)c2[C@H]1c1ccc([N+](=O)[O-])cc1. The summed E-state index contributed by atoms with van der Waals surface area (Å²) in [6, 6.07) is 17.6. The van der Waals surface area contributed by atoms with Crippen LogP contribution in [0, 0.1) is 21.4 Å². The Kier molecular flexibility index (Phi) is 3.82. The van der Waals surface area contributed by atoms with Gasteiger partial charge in [-0.15, -0.1) is 5.10 Å². The van der Waals surface area contributed by atoms with Crippen molar-refractivity contribution in [3.63, 3.8) is 0 Å². The third-order valence-electron chi connectivity index (χ3n) is 4.44. The number of aromatic nitrogens is 2. The molecule has 0 spiro atoms. The number of nitrogens with one attached hydrogen (secondary N) is 1. The first-order valence-electron chi connectivity index (χ1n) is 8.05. The molecule has 1 aliphatic heterocycles. The molecule has 0 amide bonds. The minimum Gasteiger partial charge on any atom is -0.420 e. The van der Waals surface area contributed by atoms with Crippen LogP contribution in [0.4, 0.5) is 5.69 Å². The quantitative estimate of drug-likeness (QED) is 0.545. The smallest absolute Gasteiger partial charge is 0.269 e. The summed E-state index contributed by atoms with van der Waals surface area (Å²) in [6.07, 6.45) is 0. The fourth-order valence-electron chi connectivity index (χ4n) is 3.19. The van der Waals surface area contributed by atoms with Crippen molar-refractivity contribution >= 4 is 5.69 Å². The molecule has 1 aromatic heterocycles. The van der Waals surface area contributed by atoms with Gasteiger partial charge in [0.1, 0.15) is 11.6 Å². The van der Waals surface area contributed by atoms with E-state index in [1.54, 1.807) is 12.1 Å². The minimum atomic E-state index is -0.548. The lowest BCUT2D eigenvalue weighted by molar-refractivity contribution is -0.384. The van der Waals surface area contributed by atoms with Crippen LogP contribution in [0.1, 0.15) is 17.0 Å². The number of nitriles is 1. The molecule has 2 heterocycles. The molecule has 8 heteroatoms. The molecule has 3 aromatic rings. The van der Waals surface area contributed by atoms with Gasteiger partial charge in [-0.1, -0.05) is 42.5 Å². The second-order valence-electron chi connectivity index (χ2n) is 5.96. The maximum atomic E-state index is 10.9. The Bertz CT molecular complexity index is 1090. The first-order chi connectivity index (χ1) is 13.1. The second kappa shape index (κ2) is 6.31. The number of nitrogens with two attached hydrogens (primary N) is 1. The average molecular weight is 359 g/mol. The van der Waals surface area contributed by atoms with E-state index in [9.17, 15) is 15.4 Å². The number of nitrogens with zero attached hydrogens (tertiary/aromatic N) is 3. The molecule has 8 nitrogen and oxygen atoms in total. The summed E-state index contributed by atoms with van der Waals surface area (Å²) in [5.74, 6) is -0.290. The highest BCUT2D eigenvalue weighted by atomic mass is 16.6. The van der Waals surface area contributed by atoms with Gasteiger partial charge in [-0.25, -0.2) is 0 Å². The van der Waals surface area contributed by atoms with Gasteiger partial charge in [-0.05, 0) is 11.1 Å². The number of aromatic amines is 1. The number of fused-ring (bicyclic) bond motifs is 1. The summed E-state index contributed by atoms with van der Waals surface area (Å²) in [5.41, 5.74) is 9.06. The summed E-state index contributed by atoms with van der Waals surface area (Å²) in [4.78, 5) is 10.5. The van der Waals surface area contributed by atoms with E-state index in [0.29, 0.717) is 16.8 Å². The average Bonchev–Trinajstić information content (AvgIpc) is 3.11. The Morgan fingerprint density at radius 3 is 2.52 bits per heavy atom. The Labute approximate surface area is 153 Å². The van der Waals surface area contributed by atoms with E-state index in [0.717, 1.165) is 5.56 Å². The van der Waals surface area contributed by atoms with Crippen molar-refractivity contribution in [2.24, 2.45) is 5.73 Å². The van der Waals surface area contributed by atoms with Crippen LogP contribution in [0.15, 0.2) is 66.1 Å². The van der Waals surface area contributed by atoms with Crippen LogP contribution in [0.5, 0.6) is 5.88 Å². The molecular formula is C19H13N5O3. The lowest BCUT2D eigenvalue weighted by Gasteiger charge is -2.24.